The molecule has 0 aromatic carbocycles. The summed E-state index contributed by atoms with van der Waals surface area (Å²) < 4.78 is 0. The fourth-order valence-electron chi connectivity index (χ4n) is 3.61. The Morgan fingerprint density at radius 2 is 1.67 bits per heavy atom. The van der Waals surface area contributed by atoms with Crippen LogP contribution in [0.25, 0.3) is 0 Å². The third-order valence-electron chi connectivity index (χ3n) is 5.06. The van der Waals surface area contributed by atoms with Crippen molar-refractivity contribution in [3.63, 3.8) is 0 Å². The van der Waals surface area contributed by atoms with Gasteiger partial charge < -0.3 is 5.32 Å². The van der Waals surface area contributed by atoms with Crippen molar-refractivity contribution in [1.29, 1.82) is 0 Å². The van der Waals surface area contributed by atoms with Gasteiger partial charge in [0.05, 0.1) is 0 Å². The van der Waals surface area contributed by atoms with E-state index in [4.69, 9.17) is 0 Å². The van der Waals surface area contributed by atoms with E-state index < -0.39 is 0 Å². The molecule has 0 bridgehead atoms. The molecule has 18 heavy (non-hydrogen) atoms. The van der Waals surface area contributed by atoms with Crippen LogP contribution in [-0.4, -0.2) is 24.1 Å². The molecule has 0 amide bonds. The van der Waals surface area contributed by atoms with Gasteiger partial charge in [-0.3, -0.25) is 0 Å². The summed E-state index contributed by atoms with van der Waals surface area (Å²) in [5, 5.41) is 4.57. The second kappa shape index (κ2) is 7.79. The summed E-state index contributed by atoms with van der Waals surface area (Å²) in [6.45, 7) is 2.42. The largest absolute Gasteiger partial charge is 0.316 e. The highest BCUT2D eigenvalue weighted by molar-refractivity contribution is 7.99. The molecule has 0 spiro atoms. The van der Waals surface area contributed by atoms with Gasteiger partial charge in [-0.25, -0.2) is 0 Å². The maximum absolute atomic E-state index is 3.61. The molecule has 0 aliphatic heterocycles. The normalized spacial score (nSPS) is 32.3. The number of nitrogens with one attached hydrogen (secondary N) is 1. The van der Waals surface area contributed by atoms with Gasteiger partial charge in [-0.15, -0.1) is 0 Å². The van der Waals surface area contributed by atoms with Gasteiger partial charge in [0.15, 0.2) is 0 Å². The fraction of sp³-hybridized carbons (Fsp3) is 1.00. The molecule has 2 aliphatic rings. The molecule has 1 N–H and O–H groups in total. The standard InChI is InChI=1S/C16H31NS/c1-13-8-10-14(11-9-13)16(17-2)12-18-15-6-4-3-5-7-15/h13-17H,3-12H2,1-2H3. The molecule has 0 aromatic rings. The number of hydrogen-bond acceptors (Lipinski definition) is 2. The Morgan fingerprint density at radius 3 is 2.28 bits per heavy atom. The third kappa shape index (κ3) is 4.45. The number of hydrogen-bond donors (Lipinski definition) is 1. The smallest absolute Gasteiger partial charge is 0.0183 e. The van der Waals surface area contributed by atoms with Crippen LogP contribution >= 0.6 is 11.8 Å². The van der Waals surface area contributed by atoms with E-state index in [1.165, 1.54) is 63.5 Å². The van der Waals surface area contributed by atoms with Crippen molar-refractivity contribution in [2.75, 3.05) is 12.8 Å². The first-order valence-corrected chi connectivity index (χ1v) is 9.13. The predicted molar refractivity (Wildman–Crippen MR) is 83.3 cm³/mol. The van der Waals surface area contributed by atoms with Crippen molar-refractivity contribution in [2.24, 2.45) is 11.8 Å². The monoisotopic (exact) mass is 269 g/mol. The van der Waals surface area contributed by atoms with Gasteiger partial charge in [0.1, 0.15) is 0 Å². The molecule has 2 saturated carbocycles. The van der Waals surface area contributed by atoms with E-state index in [-0.39, 0.29) is 0 Å². The van der Waals surface area contributed by atoms with Crippen LogP contribution in [0.2, 0.25) is 0 Å². The molecule has 106 valence electrons. The Hall–Kier alpha value is 0.310. The molecular weight excluding hydrogens is 238 g/mol. The van der Waals surface area contributed by atoms with E-state index in [0.717, 1.165) is 23.1 Å². The molecule has 0 heterocycles. The predicted octanol–water partition coefficient (Wildman–Crippen LogP) is 4.47. The van der Waals surface area contributed by atoms with E-state index >= 15 is 0 Å². The van der Waals surface area contributed by atoms with Crippen molar-refractivity contribution in [3.8, 4) is 0 Å². The second-order valence-electron chi connectivity index (χ2n) is 6.51. The van der Waals surface area contributed by atoms with Crippen molar-refractivity contribution >= 4 is 11.8 Å². The van der Waals surface area contributed by atoms with Crippen molar-refractivity contribution in [1.82, 2.24) is 5.32 Å². The van der Waals surface area contributed by atoms with Crippen LogP contribution in [0.5, 0.6) is 0 Å². The van der Waals surface area contributed by atoms with E-state index in [2.05, 4.69) is 31.1 Å². The van der Waals surface area contributed by atoms with Gasteiger partial charge in [0.2, 0.25) is 0 Å². The highest BCUT2D eigenvalue weighted by Crippen LogP contribution is 2.34. The molecule has 2 rings (SSSR count). The van der Waals surface area contributed by atoms with Gasteiger partial charge >= 0.3 is 0 Å². The van der Waals surface area contributed by atoms with E-state index in [9.17, 15) is 0 Å². The quantitative estimate of drug-likeness (QED) is 0.790. The Balaban J connectivity index is 1.71. The summed E-state index contributed by atoms with van der Waals surface area (Å²) in [5.41, 5.74) is 0. The van der Waals surface area contributed by atoms with Gasteiger partial charge in [0, 0.05) is 17.0 Å². The summed E-state index contributed by atoms with van der Waals surface area (Å²) >= 11 is 2.26. The molecule has 0 aromatic heterocycles. The minimum atomic E-state index is 0.768. The molecule has 1 atom stereocenters. The van der Waals surface area contributed by atoms with Crippen LogP contribution in [0, 0.1) is 11.8 Å². The number of rotatable bonds is 5. The lowest BCUT2D eigenvalue weighted by molar-refractivity contribution is 0.247. The van der Waals surface area contributed by atoms with Crippen LogP contribution in [0.3, 0.4) is 0 Å². The van der Waals surface area contributed by atoms with Crippen LogP contribution in [0.15, 0.2) is 0 Å². The minimum absolute atomic E-state index is 0.768. The molecule has 1 nitrogen and oxygen atoms in total. The zero-order valence-corrected chi connectivity index (χ0v) is 13.1. The Morgan fingerprint density at radius 1 is 1.00 bits per heavy atom. The molecule has 2 fully saturated rings. The summed E-state index contributed by atoms with van der Waals surface area (Å²) in [7, 11) is 2.17. The van der Waals surface area contributed by atoms with E-state index in [1.807, 2.05) is 0 Å². The van der Waals surface area contributed by atoms with E-state index in [0.29, 0.717) is 0 Å². The zero-order chi connectivity index (χ0) is 12.8. The second-order valence-corrected chi connectivity index (χ2v) is 7.84. The maximum atomic E-state index is 3.61. The zero-order valence-electron chi connectivity index (χ0n) is 12.3. The Kier molecular flexibility index (Phi) is 6.37. The third-order valence-corrected chi connectivity index (χ3v) is 6.56. The molecule has 0 saturated heterocycles. The Bertz CT molecular complexity index is 217. The lowest BCUT2D eigenvalue weighted by Gasteiger charge is -2.33. The molecular formula is C16H31NS. The molecule has 2 aliphatic carbocycles. The average Bonchev–Trinajstić information content (AvgIpc) is 2.42. The van der Waals surface area contributed by atoms with Crippen molar-refractivity contribution in [2.45, 2.75) is 76.0 Å². The first-order chi connectivity index (χ1) is 8.79. The van der Waals surface area contributed by atoms with Gasteiger partial charge in [-0.1, -0.05) is 39.0 Å². The first-order valence-electron chi connectivity index (χ1n) is 8.08. The van der Waals surface area contributed by atoms with Gasteiger partial charge in [-0.05, 0) is 44.6 Å². The van der Waals surface area contributed by atoms with Crippen LogP contribution < -0.4 is 5.32 Å². The summed E-state index contributed by atoms with van der Waals surface area (Å²) in [6, 6.07) is 0.768. The summed E-state index contributed by atoms with van der Waals surface area (Å²) in [4.78, 5) is 0. The lowest BCUT2D eigenvalue weighted by atomic mass is 9.80. The highest BCUT2D eigenvalue weighted by Gasteiger charge is 2.26. The summed E-state index contributed by atoms with van der Waals surface area (Å²) in [6.07, 6.45) is 13.2. The minimum Gasteiger partial charge on any atom is -0.316 e. The van der Waals surface area contributed by atoms with Crippen LogP contribution in [0.1, 0.15) is 64.7 Å². The van der Waals surface area contributed by atoms with Crippen LogP contribution in [0.4, 0.5) is 0 Å². The molecule has 1 unspecified atom stereocenters. The lowest BCUT2D eigenvalue weighted by Crippen LogP contribution is -2.38. The Labute approximate surface area is 118 Å². The topological polar surface area (TPSA) is 12.0 Å². The number of thioether (sulfide) groups is 1. The highest BCUT2D eigenvalue weighted by atomic mass is 32.2. The van der Waals surface area contributed by atoms with Crippen molar-refractivity contribution in [3.05, 3.63) is 0 Å². The first kappa shape index (κ1) is 14.7. The maximum Gasteiger partial charge on any atom is 0.0183 e. The SMILES string of the molecule is CNC(CSC1CCCCC1)C1CCC(C)CC1. The van der Waals surface area contributed by atoms with Gasteiger partial charge in [-0.2, -0.15) is 11.8 Å². The van der Waals surface area contributed by atoms with Gasteiger partial charge in [0.25, 0.3) is 0 Å². The van der Waals surface area contributed by atoms with Crippen molar-refractivity contribution < 1.29 is 0 Å². The fourth-order valence-corrected chi connectivity index (χ4v) is 5.20. The average molecular weight is 269 g/mol. The van der Waals surface area contributed by atoms with E-state index in [1.54, 1.807) is 0 Å². The molecule has 0 radical (unpaired) electrons. The van der Waals surface area contributed by atoms with Crippen LogP contribution in [-0.2, 0) is 0 Å². The molecule has 2 heteroatoms. The summed E-state index contributed by atoms with van der Waals surface area (Å²) in [5.74, 6) is 3.27.